The van der Waals surface area contributed by atoms with Gasteiger partial charge in [-0.15, -0.1) is 13.2 Å². The molecule has 2 N–H and O–H groups in total. The molecule has 0 bridgehead atoms. The lowest BCUT2D eigenvalue weighted by Crippen LogP contribution is -2.51. The highest BCUT2D eigenvalue weighted by atomic mass is 19.4. The van der Waals surface area contributed by atoms with E-state index in [1.807, 2.05) is 0 Å². The Hall–Kier alpha value is -1.76. The number of nitrogens with one attached hydrogen (secondary N) is 2. The van der Waals surface area contributed by atoms with Crippen molar-refractivity contribution in [2.24, 2.45) is 0 Å². The lowest BCUT2D eigenvalue weighted by Gasteiger charge is -2.33. The molecule has 1 aromatic rings. The van der Waals surface area contributed by atoms with Crippen LogP contribution in [-0.2, 0) is 4.79 Å². The molecule has 1 aliphatic heterocycles. The monoisotopic (exact) mass is 314 g/mol. The number of alkyl halides is 3. The Kier molecular flexibility index (Phi) is 3.76. The van der Waals surface area contributed by atoms with Crippen molar-refractivity contribution in [1.82, 2.24) is 10.6 Å². The Morgan fingerprint density at radius 1 is 1.09 bits per heavy atom. The summed E-state index contributed by atoms with van der Waals surface area (Å²) in [6, 6.07) is 4.89. The molecule has 1 unspecified atom stereocenters. The van der Waals surface area contributed by atoms with Crippen LogP contribution in [0.2, 0.25) is 0 Å². The number of hydrogen-bond acceptors (Lipinski definition) is 3. The number of hydrogen-bond donors (Lipinski definition) is 2. The van der Waals surface area contributed by atoms with E-state index >= 15 is 0 Å². The molecule has 22 heavy (non-hydrogen) atoms. The summed E-state index contributed by atoms with van der Waals surface area (Å²) in [6.07, 6.45) is 0.315. The zero-order chi connectivity index (χ0) is 15.8. The molecule has 2 aliphatic rings. The number of amides is 1. The third kappa shape index (κ3) is 3.19. The van der Waals surface area contributed by atoms with E-state index in [-0.39, 0.29) is 17.3 Å². The quantitative estimate of drug-likeness (QED) is 0.882. The Balaban J connectivity index is 1.73. The first kappa shape index (κ1) is 15.1. The first-order valence-electron chi connectivity index (χ1n) is 7.32. The maximum absolute atomic E-state index is 12.2. The van der Waals surface area contributed by atoms with Crippen molar-refractivity contribution < 1.29 is 22.7 Å². The minimum Gasteiger partial charge on any atom is -0.406 e. The van der Waals surface area contributed by atoms with Crippen molar-refractivity contribution in [3.63, 3.8) is 0 Å². The average molecular weight is 314 g/mol. The molecule has 1 amide bonds. The Labute approximate surface area is 126 Å². The van der Waals surface area contributed by atoms with Gasteiger partial charge in [0.15, 0.2) is 0 Å². The van der Waals surface area contributed by atoms with Gasteiger partial charge in [-0.3, -0.25) is 10.1 Å². The van der Waals surface area contributed by atoms with E-state index in [0.717, 1.165) is 32.1 Å². The predicted molar refractivity (Wildman–Crippen MR) is 73.0 cm³/mol. The molecule has 0 aromatic heterocycles. The van der Waals surface area contributed by atoms with Gasteiger partial charge in [0, 0.05) is 0 Å². The van der Waals surface area contributed by atoms with E-state index in [0.29, 0.717) is 5.56 Å². The van der Waals surface area contributed by atoms with Gasteiger partial charge in [-0.1, -0.05) is 18.6 Å². The second-order valence-corrected chi connectivity index (χ2v) is 5.83. The fourth-order valence-corrected chi connectivity index (χ4v) is 3.21. The fourth-order valence-electron chi connectivity index (χ4n) is 3.21. The molecule has 1 heterocycles. The van der Waals surface area contributed by atoms with E-state index in [1.54, 1.807) is 0 Å². The second-order valence-electron chi connectivity index (χ2n) is 5.83. The van der Waals surface area contributed by atoms with Crippen LogP contribution in [0.15, 0.2) is 24.3 Å². The zero-order valence-corrected chi connectivity index (χ0v) is 11.9. The van der Waals surface area contributed by atoms with Crippen LogP contribution in [-0.4, -0.2) is 17.9 Å². The molecular formula is C15H17F3N2O2. The fraction of sp³-hybridized carbons (Fsp3) is 0.533. The molecule has 1 spiro atoms. The van der Waals surface area contributed by atoms with Gasteiger partial charge in [-0.05, 0) is 43.4 Å². The molecule has 1 aromatic carbocycles. The molecule has 7 heteroatoms. The van der Waals surface area contributed by atoms with E-state index in [9.17, 15) is 18.0 Å². The van der Waals surface area contributed by atoms with Crippen LogP contribution in [0.5, 0.6) is 5.75 Å². The van der Waals surface area contributed by atoms with E-state index < -0.39 is 12.4 Å². The SMILES string of the molecule is O=C1NC2(CCCCC2)NC1c1ccc(OC(F)(F)F)cc1. The van der Waals surface area contributed by atoms with Crippen LogP contribution < -0.4 is 15.4 Å². The van der Waals surface area contributed by atoms with Crippen molar-refractivity contribution in [1.29, 1.82) is 0 Å². The van der Waals surface area contributed by atoms with Gasteiger partial charge in [0.1, 0.15) is 11.8 Å². The minimum atomic E-state index is -4.71. The summed E-state index contributed by atoms with van der Waals surface area (Å²) in [5.41, 5.74) is 0.274. The maximum Gasteiger partial charge on any atom is 0.573 e. The van der Waals surface area contributed by atoms with Crippen molar-refractivity contribution in [3.8, 4) is 5.75 Å². The lowest BCUT2D eigenvalue weighted by atomic mass is 9.89. The number of carbonyl (C=O) groups is 1. The molecule has 1 aliphatic carbocycles. The van der Waals surface area contributed by atoms with E-state index in [2.05, 4.69) is 15.4 Å². The Bertz CT molecular complexity index is 551. The number of carbonyl (C=O) groups excluding carboxylic acids is 1. The molecule has 1 saturated carbocycles. The van der Waals surface area contributed by atoms with Crippen LogP contribution in [0.25, 0.3) is 0 Å². The van der Waals surface area contributed by atoms with Crippen molar-refractivity contribution in [3.05, 3.63) is 29.8 Å². The molecule has 4 nitrogen and oxygen atoms in total. The van der Waals surface area contributed by atoms with E-state index in [4.69, 9.17) is 0 Å². The third-order valence-electron chi connectivity index (χ3n) is 4.20. The summed E-state index contributed by atoms with van der Waals surface area (Å²) in [6.45, 7) is 0. The van der Waals surface area contributed by atoms with Gasteiger partial charge < -0.3 is 10.1 Å². The smallest absolute Gasteiger partial charge is 0.406 e. The van der Waals surface area contributed by atoms with E-state index in [1.165, 1.54) is 24.3 Å². The van der Waals surface area contributed by atoms with Crippen molar-refractivity contribution in [2.45, 2.75) is 50.2 Å². The largest absolute Gasteiger partial charge is 0.573 e. The topological polar surface area (TPSA) is 50.4 Å². The van der Waals surface area contributed by atoms with Gasteiger partial charge in [-0.25, -0.2) is 0 Å². The highest BCUT2D eigenvalue weighted by molar-refractivity contribution is 5.86. The minimum absolute atomic E-state index is 0.133. The van der Waals surface area contributed by atoms with Crippen molar-refractivity contribution >= 4 is 5.91 Å². The molecule has 1 saturated heterocycles. The summed E-state index contributed by atoms with van der Waals surface area (Å²) in [7, 11) is 0. The molecule has 2 fully saturated rings. The van der Waals surface area contributed by atoms with Crippen LogP contribution >= 0.6 is 0 Å². The van der Waals surface area contributed by atoms with Crippen LogP contribution in [0, 0.1) is 0 Å². The van der Waals surface area contributed by atoms with Crippen molar-refractivity contribution in [2.75, 3.05) is 0 Å². The third-order valence-corrected chi connectivity index (χ3v) is 4.20. The molecule has 0 radical (unpaired) electrons. The normalized spacial score (nSPS) is 24.3. The Morgan fingerprint density at radius 3 is 2.32 bits per heavy atom. The average Bonchev–Trinajstić information content (AvgIpc) is 2.75. The summed E-state index contributed by atoms with van der Waals surface area (Å²) < 4.78 is 40.3. The first-order valence-corrected chi connectivity index (χ1v) is 7.32. The highest BCUT2D eigenvalue weighted by Crippen LogP contribution is 2.34. The summed E-state index contributed by atoms with van der Waals surface area (Å²) >= 11 is 0. The zero-order valence-electron chi connectivity index (χ0n) is 11.9. The lowest BCUT2D eigenvalue weighted by molar-refractivity contribution is -0.274. The summed E-state index contributed by atoms with van der Waals surface area (Å²) in [5.74, 6) is -0.423. The predicted octanol–water partition coefficient (Wildman–Crippen LogP) is 3.01. The number of halogens is 3. The first-order chi connectivity index (χ1) is 10.4. The van der Waals surface area contributed by atoms with Gasteiger partial charge in [-0.2, -0.15) is 0 Å². The van der Waals surface area contributed by atoms with Gasteiger partial charge in [0.25, 0.3) is 0 Å². The molecular weight excluding hydrogens is 297 g/mol. The van der Waals surface area contributed by atoms with Crippen LogP contribution in [0.3, 0.4) is 0 Å². The molecule has 120 valence electrons. The number of rotatable bonds is 2. The van der Waals surface area contributed by atoms with Crippen LogP contribution in [0.4, 0.5) is 13.2 Å². The molecule has 1 atom stereocenters. The summed E-state index contributed by atoms with van der Waals surface area (Å²) in [5, 5.41) is 6.33. The molecule has 3 rings (SSSR count). The standard InChI is InChI=1S/C15H17F3N2O2/c16-15(17,18)22-11-6-4-10(5-7-11)12-13(21)20-14(19-12)8-2-1-3-9-14/h4-7,12,19H,1-3,8-9H2,(H,20,21). The van der Waals surface area contributed by atoms with Gasteiger partial charge >= 0.3 is 6.36 Å². The Morgan fingerprint density at radius 2 is 1.73 bits per heavy atom. The number of benzene rings is 1. The maximum atomic E-state index is 12.2. The summed E-state index contributed by atoms with van der Waals surface area (Å²) in [4.78, 5) is 12.2. The van der Waals surface area contributed by atoms with Gasteiger partial charge in [0.2, 0.25) is 5.91 Å². The van der Waals surface area contributed by atoms with Crippen LogP contribution in [0.1, 0.15) is 43.7 Å². The van der Waals surface area contributed by atoms with Gasteiger partial charge in [0.05, 0.1) is 5.66 Å². The number of ether oxygens (including phenoxy) is 1. The highest BCUT2D eigenvalue weighted by Gasteiger charge is 2.44. The second kappa shape index (κ2) is 5.46.